The number of rotatable bonds is 9. The van der Waals surface area contributed by atoms with Crippen LogP contribution in [0.3, 0.4) is 0 Å². The van der Waals surface area contributed by atoms with Crippen LogP contribution in [-0.4, -0.2) is 48.2 Å². The van der Waals surface area contributed by atoms with Crippen molar-refractivity contribution in [1.82, 2.24) is 10.3 Å². The number of benzene rings is 1. The molecule has 0 radical (unpaired) electrons. The van der Waals surface area contributed by atoms with Crippen molar-refractivity contribution in [2.75, 3.05) is 13.2 Å². The minimum absolute atomic E-state index is 0.0598. The summed E-state index contributed by atoms with van der Waals surface area (Å²) in [5, 5.41) is 3.83. The number of nitrogens with zero attached hydrogens (tertiary/aromatic N) is 2. The van der Waals surface area contributed by atoms with Gasteiger partial charge in [0.25, 0.3) is 5.91 Å². The molecule has 0 fully saturated rings. The van der Waals surface area contributed by atoms with Crippen LogP contribution in [0.15, 0.2) is 23.3 Å². The predicted octanol–water partition coefficient (Wildman–Crippen LogP) is 2.58. The van der Waals surface area contributed by atoms with Crippen LogP contribution in [-0.2, 0) is 9.59 Å². The maximum Gasteiger partial charge on any atom is 0.260 e. The molecular weight excluding hydrogens is 334 g/mol. The van der Waals surface area contributed by atoms with Crippen LogP contribution >= 0.6 is 0 Å². The number of carbonyl (C=O) groups excluding carboxylic acids is 2. The molecule has 1 aromatic rings. The molecule has 0 spiro atoms. The van der Waals surface area contributed by atoms with E-state index in [9.17, 15) is 9.59 Å². The Morgan fingerprint density at radius 3 is 2.35 bits per heavy atom. The van der Waals surface area contributed by atoms with Crippen LogP contribution in [0.5, 0.6) is 11.5 Å². The molecule has 0 heterocycles. The Hall–Kier alpha value is -2.57. The van der Waals surface area contributed by atoms with E-state index in [1.807, 2.05) is 34.6 Å². The molecule has 1 aromatic carbocycles. The summed E-state index contributed by atoms with van der Waals surface area (Å²) in [6.07, 6.45) is 1.51. The van der Waals surface area contributed by atoms with Crippen LogP contribution in [0.4, 0.5) is 0 Å². The van der Waals surface area contributed by atoms with Gasteiger partial charge in [-0.3, -0.25) is 9.59 Å². The Bertz CT molecular complexity index is 634. The third kappa shape index (κ3) is 6.74. The Morgan fingerprint density at radius 2 is 1.81 bits per heavy atom. The third-order valence-corrected chi connectivity index (χ3v) is 3.46. The fraction of sp³-hybridized carbons (Fsp3) is 0.526. The number of nitrogens with one attached hydrogen (secondary N) is 1. The van der Waals surface area contributed by atoms with Crippen molar-refractivity contribution in [2.24, 2.45) is 5.10 Å². The van der Waals surface area contributed by atoms with Crippen LogP contribution in [0.2, 0.25) is 0 Å². The van der Waals surface area contributed by atoms with Gasteiger partial charge < -0.3 is 14.4 Å². The van der Waals surface area contributed by atoms with E-state index in [1.54, 1.807) is 23.1 Å². The third-order valence-electron chi connectivity index (χ3n) is 3.46. The van der Waals surface area contributed by atoms with Crippen molar-refractivity contribution in [3.8, 4) is 11.5 Å². The zero-order chi connectivity index (χ0) is 19.7. The molecule has 1 rings (SSSR count). The molecule has 0 saturated carbocycles. The highest BCUT2D eigenvalue weighted by molar-refractivity contribution is 5.83. The summed E-state index contributed by atoms with van der Waals surface area (Å²) in [5.41, 5.74) is 3.08. The van der Waals surface area contributed by atoms with Gasteiger partial charge >= 0.3 is 0 Å². The van der Waals surface area contributed by atoms with Crippen LogP contribution in [0, 0.1) is 0 Å². The summed E-state index contributed by atoms with van der Waals surface area (Å²) < 4.78 is 11.3. The maximum atomic E-state index is 12.4. The van der Waals surface area contributed by atoms with E-state index in [0.29, 0.717) is 18.1 Å². The van der Waals surface area contributed by atoms with E-state index < -0.39 is 0 Å². The number of carbonyl (C=O) groups is 2. The minimum Gasteiger partial charge on any atom is -0.490 e. The normalized spacial score (nSPS) is 11.1. The molecule has 0 saturated heterocycles. The highest BCUT2D eigenvalue weighted by Gasteiger charge is 2.21. The summed E-state index contributed by atoms with van der Waals surface area (Å²) in [7, 11) is 0. The standard InChI is InChI=1S/C19H29N3O4/c1-7-25-18-10-16(11-20-21-15(6)23)8-9-17(18)26-12-19(24)22(13(2)3)14(4)5/h8-11,13-14H,7,12H2,1-6H3,(H,21,23)/b20-11-. The molecule has 144 valence electrons. The van der Waals surface area contributed by atoms with Gasteiger partial charge in [-0.05, 0) is 58.4 Å². The van der Waals surface area contributed by atoms with Gasteiger partial charge in [0.2, 0.25) is 5.91 Å². The maximum absolute atomic E-state index is 12.4. The second kappa shape index (κ2) is 10.4. The molecule has 0 unspecified atom stereocenters. The number of amides is 2. The Balaban J connectivity index is 2.86. The van der Waals surface area contributed by atoms with Crippen molar-refractivity contribution in [2.45, 2.75) is 53.6 Å². The Labute approximate surface area is 155 Å². The van der Waals surface area contributed by atoms with E-state index in [-0.39, 0.29) is 30.5 Å². The largest absolute Gasteiger partial charge is 0.490 e. The monoisotopic (exact) mass is 363 g/mol. The van der Waals surface area contributed by atoms with Crippen LogP contribution in [0.1, 0.15) is 47.1 Å². The molecule has 0 aliphatic carbocycles. The molecule has 1 N–H and O–H groups in total. The van der Waals surface area contributed by atoms with Crippen molar-refractivity contribution >= 4 is 18.0 Å². The number of ether oxygens (including phenoxy) is 2. The van der Waals surface area contributed by atoms with Gasteiger partial charge in [-0.2, -0.15) is 5.10 Å². The quantitative estimate of drug-likeness (QED) is 0.540. The molecule has 0 aromatic heterocycles. The van der Waals surface area contributed by atoms with Gasteiger partial charge in [0, 0.05) is 19.0 Å². The molecule has 0 atom stereocenters. The van der Waals surface area contributed by atoms with Crippen molar-refractivity contribution in [3.05, 3.63) is 23.8 Å². The number of hydrogen-bond acceptors (Lipinski definition) is 5. The second-order valence-electron chi connectivity index (χ2n) is 6.34. The fourth-order valence-electron chi connectivity index (χ4n) is 2.58. The summed E-state index contributed by atoms with van der Waals surface area (Å²) in [6, 6.07) is 5.45. The summed E-state index contributed by atoms with van der Waals surface area (Å²) >= 11 is 0. The molecular formula is C19H29N3O4. The lowest BCUT2D eigenvalue weighted by Crippen LogP contribution is -2.44. The van der Waals surface area contributed by atoms with Crippen LogP contribution in [0.25, 0.3) is 0 Å². The number of hydrogen-bond donors (Lipinski definition) is 1. The van der Waals surface area contributed by atoms with E-state index in [2.05, 4.69) is 10.5 Å². The van der Waals surface area contributed by atoms with Crippen molar-refractivity contribution in [1.29, 1.82) is 0 Å². The predicted molar refractivity (Wildman–Crippen MR) is 102 cm³/mol. The lowest BCUT2D eigenvalue weighted by atomic mass is 10.2. The first-order valence-corrected chi connectivity index (χ1v) is 8.76. The van der Waals surface area contributed by atoms with Gasteiger partial charge in [-0.15, -0.1) is 0 Å². The summed E-state index contributed by atoms with van der Waals surface area (Å²) in [5.74, 6) is 0.690. The first-order valence-electron chi connectivity index (χ1n) is 8.76. The smallest absolute Gasteiger partial charge is 0.260 e. The molecule has 26 heavy (non-hydrogen) atoms. The lowest BCUT2D eigenvalue weighted by molar-refractivity contribution is -0.137. The average Bonchev–Trinajstić information content (AvgIpc) is 2.53. The van der Waals surface area contributed by atoms with E-state index in [1.165, 1.54) is 13.1 Å². The first-order chi connectivity index (χ1) is 12.3. The van der Waals surface area contributed by atoms with Gasteiger partial charge in [0.1, 0.15) is 0 Å². The van der Waals surface area contributed by atoms with Gasteiger partial charge in [0.05, 0.1) is 12.8 Å². The average molecular weight is 363 g/mol. The first kappa shape index (κ1) is 21.5. The number of hydrazone groups is 1. The van der Waals surface area contributed by atoms with Crippen LogP contribution < -0.4 is 14.9 Å². The zero-order valence-electron chi connectivity index (χ0n) is 16.4. The Morgan fingerprint density at radius 1 is 1.15 bits per heavy atom. The van der Waals surface area contributed by atoms with Gasteiger partial charge in [-0.25, -0.2) is 5.43 Å². The molecule has 2 amide bonds. The van der Waals surface area contributed by atoms with E-state index >= 15 is 0 Å². The highest BCUT2D eigenvalue weighted by Crippen LogP contribution is 2.28. The minimum atomic E-state index is -0.246. The SMILES string of the molecule is CCOc1cc(/C=N\NC(C)=O)ccc1OCC(=O)N(C(C)C)C(C)C. The molecule has 0 bridgehead atoms. The topological polar surface area (TPSA) is 80.2 Å². The van der Waals surface area contributed by atoms with Crippen molar-refractivity contribution in [3.63, 3.8) is 0 Å². The molecule has 0 aliphatic heterocycles. The lowest BCUT2D eigenvalue weighted by Gasteiger charge is -2.30. The summed E-state index contributed by atoms with van der Waals surface area (Å²) in [4.78, 5) is 25.1. The van der Waals surface area contributed by atoms with Gasteiger partial charge in [0.15, 0.2) is 18.1 Å². The summed E-state index contributed by atoms with van der Waals surface area (Å²) in [6.45, 7) is 11.6. The Kier molecular flexibility index (Phi) is 8.61. The molecule has 7 nitrogen and oxygen atoms in total. The van der Waals surface area contributed by atoms with Crippen molar-refractivity contribution < 1.29 is 19.1 Å². The van der Waals surface area contributed by atoms with E-state index in [0.717, 1.165) is 5.56 Å². The van der Waals surface area contributed by atoms with E-state index in [4.69, 9.17) is 9.47 Å². The molecule has 7 heteroatoms. The molecule has 0 aliphatic rings. The second-order valence-corrected chi connectivity index (χ2v) is 6.34. The van der Waals surface area contributed by atoms with Gasteiger partial charge in [-0.1, -0.05) is 0 Å². The highest BCUT2D eigenvalue weighted by atomic mass is 16.5. The fourth-order valence-corrected chi connectivity index (χ4v) is 2.58. The zero-order valence-corrected chi connectivity index (χ0v) is 16.4.